The van der Waals surface area contributed by atoms with Crippen LogP contribution >= 0.6 is 0 Å². The zero-order valence-corrected chi connectivity index (χ0v) is 15.6. The summed E-state index contributed by atoms with van der Waals surface area (Å²) in [5.74, 6) is 0.460. The van der Waals surface area contributed by atoms with Crippen molar-refractivity contribution < 1.29 is 9.53 Å². The SMILES string of the molecule is CN(C)CCOc1ccccc1C(=O)NCc1ccc(-n2ccnc2)cc1. The number of carbonyl (C=O) groups excluding carboxylic acids is 1. The fraction of sp³-hybridized carbons (Fsp3) is 0.238. The summed E-state index contributed by atoms with van der Waals surface area (Å²) in [7, 11) is 3.97. The Balaban J connectivity index is 1.59. The Hall–Kier alpha value is -3.12. The first-order chi connectivity index (χ1) is 13.1. The Bertz CT molecular complexity index is 858. The zero-order valence-electron chi connectivity index (χ0n) is 15.6. The van der Waals surface area contributed by atoms with Crippen LogP contribution < -0.4 is 10.1 Å². The third-order valence-corrected chi connectivity index (χ3v) is 4.12. The summed E-state index contributed by atoms with van der Waals surface area (Å²) in [6.45, 7) is 1.78. The first kappa shape index (κ1) is 18.7. The highest BCUT2D eigenvalue weighted by Gasteiger charge is 2.12. The predicted molar refractivity (Wildman–Crippen MR) is 105 cm³/mol. The van der Waals surface area contributed by atoms with Gasteiger partial charge in [-0.1, -0.05) is 24.3 Å². The van der Waals surface area contributed by atoms with Crippen molar-refractivity contribution >= 4 is 5.91 Å². The fourth-order valence-electron chi connectivity index (χ4n) is 2.59. The lowest BCUT2D eigenvalue weighted by Crippen LogP contribution is -2.24. The minimum Gasteiger partial charge on any atom is -0.491 e. The minimum atomic E-state index is -0.144. The number of carbonyl (C=O) groups is 1. The molecule has 6 nitrogen and oxygen atoms in total. The van der Waals surface area contributed by atoms with Crippen molar-refractivity contribution in [3.63, 3.8) is 0 Å². The summed E-state index contributed by atoms with van der Waals surface area (Å²) in [6.07, 6.45) is 5.39. The fourth-order valence-corrected chi connectivity index (χ4v) is 2.59. The van der Waals surface area contributed by atoms with Crippen molar-refractivity contribution in [3.8, 4) is 11.4 Å². The van der Waals surface area contributed by atoms with E-state index in [1.165, 1.54) is 0 Å². The minimum absolute atomic E-state index is 0.144. The highest BCUT2D eigenvalue weighted by Crippen LogP contribution is 2.18. The van der Waals surface area contributed by atoms with Gasteiger partial charge in [-0.25, -0.2) is 4.98 Å². The molecular weight excluding hydrogens is 340 g/mol. The molecule has 0 atom stereocenters. The molecule has 0 aliphatic rings. The molecule has 1 heterocycles. The van der Waals surface area contributed by atoms with E-state index in [4.69, 9.17) is 4.74 Å². The topological polar surface area (TPSA) is 59.4 Å². The summed E-state index contributed by atoms with van der Waals surface area (Å²) in [5, 5.41) is 2.96. The van der Waals surface area contributed by atoms with Gasteiger partial charge in [0.05, 0.1) is 11.9 Å². The maximum Gasteiger partial charge on any atom is 0.255 e. The van der Waals surface area contributed by atoms with Crippen LogP contribution in [0.3, 0.4) is 0 Å². The molecule has 1 amide bonds. The van der Waals surface area contributed by atoms with Crippen molar-refractivity contribution in [2.75, 3.05) is 27.2 Å². The van der Waals surface area contributed by atoms with Gasteiger partial charge in [0.25, 0.3) is 5.91 Å². The average molecular weight is 364 g/mol. The number of nitrogens with zero attached hydrogens (tertiary/aromatic N) is 3. The van der Waals surface area contributed by atoms with E-state index in [2.05, 4.69) is 10.3 Å². The van der Waals surface area contributed by atoms with Gasteiger partial charge in [-0.3, -0.25) is 4.79 Å². The summed E-state index contributed by atoms with van der Waals surface area (Å²) < 4.78 is 7.70. The van der Waals surface area contributed by atoms with E-state index in [1.807, 2.05) is 72.2 Å². The van der Waals surface area contributed by atoms with Crippen molar-refractivity contribution in [2.45, 2.75) is 6.54 Å². The Morgan fingerprint density at radius 3 is 2.63 bits per heavy atom. The summed E-state index contributed by atoms with van der Waals surface area (Å²) >= 11 is 0. The van der Waals surface area contributed by atoms with Crippen LogP contribution in [-0.2, 0) is 6.54 Å². The van der Waals surface area contributed by atoms with E-state index in [9.17, 15) is 4.79 Å². The highest BCUT2D eigenvalue weighted by molar-refractivity contribution is 5.96. The van der Waals surface area contributed by atoms with Gasteiger partial charge >= 0.3 is 0 Å². The third kappa shape index (κ3) is 5.18. The largest absolute Gasteiger partial charge is 0.491 e. The second kappa shape index (κ2) is 9.00. The van der Waals surface area contributed by atoms with E-state index < -0.39 is 0 Å². The first-order valence-corrected chi connectivity index (χ1v) is 8.85. The Morgan fingerprint density at radius 1 is 1.15 bits per heavy atom. The van der Waals surface area contributed by atoms with E-state index in [0.29, 0.717) is 24.5 Å². The maximum atomic E-state index is 12.6. The summed E-state index contributed by atoms with van der Waals surface area (Å²) in [5.41, 5.74) is 2.60. The van der Waals surface area contributed by atoms with Crippen molar-refractivity contribution in [2.24, 2.45) is 0 Å². The first-order valence-electron chi connectivity index (χ1n) is 8.85. The molecule has 3 rings (SSSR count). The number of amides is 1. The molecule has 0 fully saturated rings. The number of rotatable bonds is 8. The van der Waals surface area contributed by atoms with E-state index in [1.54, 1.807) is 18.6 Å². The van der Waals surface area contributed by atoms with E-state index in [0.717, 1.165) is 17.8 Å². The van der Waals surface area contributed by atoms with Gasteiger partial charge in [0.2, 0.25) is 0 Å². The van der Waals surface area contributed by atoms with Gasteiger partial charge in [-0.05, 0) is 43.9 Å². The van der Waals surface area contributed by atoms with Crippen LogP contribution in [0.25, 0.3) is 5.69 Å². The van der Waals surface area contributed by atoms with Gasteiger partial charge in [-0.15, -0.1) is 0 Å². The van der Waals surface area contributed by atoms with Crippen LogP contribution in [0.2, 0.25) is 0 Å². The van der Waals surface area contributed by atoms with Gasteiger partial charge < -0.3 is 19.5 Å². The molecule has 0 aliphatic heterocycles. The second-order valence-corrected chi connectivity index (χ2v) is 6.47. The molecular formula is C21H24N4O2. The van der Waals surface area contributed by atoms with Crippen LogP contribution in [-0.4, -0.2) is 47.6 Å². The van der Waals surface area contributed by atoms with Gasteiger partial charge in [-0.2, -0.15) is 0 Å². The monoisotopic (exact) mass is 364 g/mol. The predicted octanol–water partition coefficient (Wildman–Crippen LogP) is 2.74. The van der Waals surface area contributed by atoms with Crippen LogP contribution in [0, 0.1) is 0 Å². The normalized spacial score (nSPS) is 10.8. The van der Waals surface area contributed by atoms with E-state index in [-0.39, 0.29) is 5.91 Å². The highest BCUT2D eigenvalue weighted by atomic mass is 16.5. The Kier molecular flexibility index (Phi) is 6.22. The van der Waals surface area contributed by atoms with Crippen LogP contribution in [0.5, 0.6) is 5.75 Å². The van der Waals surface area contributed by atoms with Gasteiger partial charge in [0, 0.05) is 31.2 Å². The lowest BCUT2D eigenvalue weighted by molar-refractivity contribution is 0.0946. The van der Waals surface area contributed by atoms with E-state index >= 15 is 0 Å². The molecule has 0 radical (unpaired) electrons. The van der Waals surface area contributed by atoms with Gasteiger partial charge in [0.1, 0.15) is 12.4 Å². The molecule has 0 aliphatic carbocycles. The molecule has 1 N–H and O–H groups in total. The second-order valence-electron chi connectivity index (χ2n) is 6.47. The number of para-hydroxylation sites is 1. The van der Waals surface area contributed by atoms with Crippen LogP contribution in [0.1, 0.15) is 15.9 Å². The lowest BCUT2D eigenvalue weighted by atomic mass is 10.1. The summed E-state index contributed by atoms with van der Waals surface area (Å²) in [6, 6.07) is 15.3. The molecule has 27 heavy (non-hydrogen) atoms. The molecule has 0 spiro atoms. The Morgan fingerprint density at radius 2 is 1.93 bits per heavy atom. The third-order valence-electron chi connectivity index (χ3n) is 4.12. The molecule has 0 unspecified atom stereocenters. The van der Waals surface area contributed by atoms with Crippen LogP contribution in [0.15, 0.2) is 67.3 Å². The average Bonchev–Trinajstić information content (AvgIpc) is 3.21. The molecule has 140 valence electrons. The van der Waals surface area contributed by atoms with Crippen LogP contribution in [0.4, 0.5) is 0 Å². The smallest absolute Gasteiger partial charge is 0.255 e. The van der Waals surface area contributed by atoms with Gasteiger partial charge in [0.15, 0.2) is 0 Å². The molecule has 0 saturated heterocycles. The maximum absolute atomic E-state index is 12.6. The van der Waals surface area contributed by atoms with Crippen molar-refractivity contribution in [1.82, 2.24) is 19.8 Å². The number of ether oxygens (including phenoxy) is 1. The lowest BCUT2D eigenvalue weighted by Gasteiger charge is -2.14. The van der Waals surface area contributed by atoms with Crippen molar-refractivity contribution in [1.29, 1.82) is 0 Å². The number of aromatic nitrogens is 2. The molecule has 6 heteroatoms. The molecule has 0 saturated carbocycles. The molecule has 1 aromatic heterocycles. The number of hydrogen-bond acceptors (Lipinski definition) is 4. The molecule has 2 aromatic carbocycles. The zero-order chi connectivity index (χ0) is 19.1. The van der Waals surface area contributed by atoms with Crippen molar-refractivity contribution in [3.05, 3.63) is 78.4 Å². The number of hydrogen-bond donors (Lipinski definition) is 1. The number of benzene rings is 2. The number of likely N-dealkylation sites (N-methyl/N-ethyl adjacent to an activating group) is 1. The molecule has 0 bridgehead atoms. The number of nitrogens with one attached hydrogen (secondary N) is 1. The number of imidazole rings is 1. The standard InChI is InChI=1S/C21H24N4O2/c1-24(2)13-14-27-20-6-4-3-5-19(20)21(26)23-15-17-7-9-18(10-8-17)25-12-11-22-16-25/h3-12,16H,13-15H2,1-2H3,(H,23,26). The summed E-state index contributed by atoms with van der Waals surface area (Å²) in [4.78, 5) is 18.7. The molecule has 3 aromatic rings. The quantitative estimate of drug-likeness (QED) is 0.668. The Labute approximate surface area is 159 Å².